The molecule has 0 radical (unpaired) electrons. The van der Waals surface area contributed by atoms with Crippen LogP contribution in [-0.2, 0) is 6.54 Å². The molecular formula is C27H31NO2. The van der Waals surface area contributed by atoms with Crippen LogP contribution in [0.5, 0.6) is 5.75 Å². The van der Waals surface area contributed by atoms with Gasteiger partial charge in [0.05, 0.1) is 12.3 Å². The van der Waals surface area contributed by atoms with Crippen molar-refractivity contribution in [1.29, 1.82) is 0 Å². The normalized spacial score (nSPS) is 10.6. The largest absolute Gasteiger partial charge is 0.494 e. The lowest BCUT2D eigenvalue weighted by molar-refractivity contribution is 0.317. The maximum Gasteiger partial charge on any atom is 0.119 e. The maximum absolute atomic E-state index is 7.00. The van der Waals surface area contributed by atoms with Gasteiger partial charge in [-0.1, -0.05) is 61.0 Å². The Bertz CT molecular complexity index is 1080. The van der Waals surface area contributed by atoms with Gasteiger partial charge in [-0.25, -0.2) is 0 Å². The summed E-state index contributed by atoms with van der Waals surface area (Å²) in [4.78, 5) is 0. The second-order valence-corrected chi connectivity index (χ2v) is 7.44. The number of benzene rings is 3. The highest BCUT2D eigenvalue weighted by Gasteiger charge is 2.16. The van der Waals surface area contributed by atoms with E-state index in [-0.39, 0.29) is 0 Å². The lowest BCUT2D eigenvalue weighted by atomic mass is 10.1. The lowest BCUT2D eigenvalue weighted by Gasteiger charge is -2.13. The minimum Gasteiger partial charge on any atom is -0.494 e. The number of aliphatic hydroxyl groups is 1. The summed E-state index contributed by atoms with van der Waals surface area (Å²) in [5.74, 6) is 0.943. The third kappa shape index (κ3) is 4.58. The fourth-order valence-electron chi connectivity index (χ4n) is 3.86. The molecule has 3 nitrogen and oxygen atoms in total. The Morgan fingerprint density at radius 3 is 2.23 bits per heavy atom. The minimum absolute atomic E-state index is 0.762. The van der Waals surface area contributed by atoms with Crippen molar-refractivity contribution in [1.82, 2.24) is 4.57 Å². The fraction of sp³-hybridized carbons (Fsp3) is 0.259. The predicted molar refractivity (Wildman–Crippen MR) is 126 cm³/mol. The summed E-state index contributed by atoms with van der Waals surface area (Å²) in [5.41, 5.74) is 7.76. The Morgan fingerprint density at radius 2 is 1.57 bits per heavy atom. The first-order valence-corrected chi connectivity index (χ1v) is 10.5. The number of hydrogen-bond acceptors (Lipinski definition) is 2. The van der Waals surface area contributed by atoms with E-state index in [0.29, 0.717) is 0 Å². The molecule has 0 amide bonds. The second kappa shape index (κ2) is 10.1. The van der Waals surface area contributed by atoms with E-state index in [1.165, 1.54) is 38.9 Å². The molecule has 0 bridgehead atoms. The van der Waals surface area contributed by atoms with Crippen molar-refractivity contribution in [3.05, 3.63) is 89.5 Å². The molecule has 0 aliphatic heterocycles. The summed E-state index contributed by atoms with van der Waals surface area (Å²) >= 11 is 0. The highest BCUT2D eigenvalue weighted by Crippen LogP contribution is 2.34. The molecule has 30 heavy (non-hydrogen) atoms. The molecule has 0 aliphatic carbocycles. The average Bonchev–Trinajstić information content (AvgIpc) is 3.06. The minimum atomic E-state index is 0.762. The van der Waals surface area contributed by atoms with E-state index in [9.17, 15) is 0 Å². The van der Waals surface area contributed by atoms with Crippen molar-refractivity contribution >= 4 is 10.9 Å². The molecule has 0 saturated carbocycles. The van der Waals surface area contributed by atoms with Gasteiger partial charge in [0.1, 0.15) is 5.75 Å². The zero-order valence-electron chi connectivity index (χ0n) is 18.4. The van der Waals surface area contributed by atoms with E-state index in [1.807, 2.05) is 0 Å². The summed E-state index contributed by atoms with van der Waals surface area (Å²) in [7, 11) is 1.00. The number of nitrogens with zero attached hydrogens (tertiary/aromatic N) is 1. The zero-order valence-corrected chi connectivity index (χ0v) is 18.4. The van der Waals surface area contributed by atoms with Gasteiger partial charge in [0.2, 0.25) is 0 Å². The Kier molecular flexibility index (Phi) is 7.31. The maximum atomic E-state index is 7.00. The quantitative estimate of drug-likeness (QED) is 0.407. The Balaban J connectivity index is 0.00000124. The van der Waals surface area contributed by atoms with Gasteiger partial charge in [-0.15, -0.1) is 0 Å². The van der Waals surface area contributed by atoms with Crippen LogP contribution in [0.4, 0.5) is 0 Å². The van der Waals surface area contributed by atoms with Crippen molar-refractivity contribution in [2.45, 2.75) is 33.7 Å². The summed E-state index contributed by atoms with van der Waals surface area (Å²) in [6.45, 7) is 8.13. The third-order valence-corrected chi connectivity index (χ3v) is 5.26. The molecule has 1 heterocycles. The summed E-state index contributed by atoms with van der Waals surface area (Å²) in [5, 5.41) is 8.33. The Labute approximate surface area is 179 Å². The van der Waals surface area contributed by atoms with Crippen LogP contribution < -0.4 is 4.74 Å². The van der Waals surface area contributed by atoms with Crippen molar-refractivity contribution in [3.63, 3.8) is 0 Å². The van der Waals surface area contributed by atoms with E-state index >= 15 is 0 Å². The zero-order chi connectivity index (χ0) is 21.5. The van der Waals surface area contributed by atoms with E-state index < -0.39 is 0 Å². The van der Waals surface area contributed by atoms with Crippen molar-refractivity contribution < 1.29 is 9.84 Å². The molecule has 0 fully saturated rings. The van der Waals surface area contributed by atoms with Crippen LogP contribution in [0.1, 0.15) is 30.0 Å². The molecule has 0 atom stereocenters. The molecule has 0 saturated heterocycles. The highest BCUT2D eigenvalue weighted by atomic mass is 16.5. The molecule has 0 aliphatic rings. The molecule has 3 heteroatoms. The average molecular weight is 402 g/mol. The van der Waals surface area contributed by atoms with Gasteiger partial charge in [-0.3, -0.25) is 0 Å². The van der Waals surface area contributed by atoms with Gasteiger partial charge < -0.3 is 14.4 Å². The van der Waals surface area contributed by atoms with Gasteiger partial charge in [-0.2, -0.15) is 0 Å². The molecule has 3 aromatic carbocycles. The van der Waals surface area contributed by atoms with Crippen LogP contribution in [0.3, 0.4) is 0 Å². The topological polar surface area (TPSA) is 34.4 Å². The molecule has 0 unspecified atom stereocenters. The summed E-state index contributed by atoms with van der Waals surface area (Å²) in [6.07, 6.45) is 1.02. The van der Waals surface area contributed by atoms with Gasteiger partial charge >= 0.3 is 0 Å². The van der Waals surface area contributed by atoms with Crippen molar-refractivity contribution in [2.24, 2.45) is 0 Å². The number of ether oxygens (including phenoxy) is 1. The number of aromatic nitrogens is 1. The highest BCUT2D eigenvalue weighted by molar-refractivity contribution is 5.92. The number of rotatable bonds is 6. The van der Waals surface area contributed by atoms with Crippen molar-refractivity contribution in [3.8, 4) is 17.0 Å². The fourth-order valence-corrected chi connectivity index (χ4v) is 3.86. The van der Waals surface area contributed by atoms with Crippen LogP contribution in [0, 0.1) is 13.8 Å². The van der Waals surface area contributed by atoms with Gasteiger partial charge in [-0.05, 0) is 61.2 Å². The number of aliphatic hydroxyl groups excluding tert-OH is 1. The number of aryl methyl sites for hydroxylation is 2. The van der Waals surface area contributed by atoms with E-state index in [2.05, 4.69) is 98.1 Å². The molecule has 156 valence electrons. The first-order chi connectivity index (χ1) is 14.7. The smallest absolute Gasteiger partial charge is 0.119 e. The molecule has 1 N–H and O–H groups in total. The monoisotopic (exact) mass is 401 g/mol. The molecule has 4 rings (SSSR count). The number of hydrogen-bond donors (Lipinski definition) is 1. The standard InChI is InChI=1S/C26H27NO.CH4O/c1-4-16-28-23-13-11-21(12-14-23)18-27-25-15-10-19(2)17-24(25)20(3)26(27)22-8-6-5-7-9-22;1-2/h5-15,17H,4,16,18H2,1-3H3;2H,1H3. The molecule has 1 aromatic heterocycles. The van der Waals surface area contributed by atoms with Crippen LogP contribution in [0.2, 0.25) is 0 Å². The molecule has 4 aromatic rings. The van der Waals surface area contributed by atoms with Crippen LogP contribution in [0.25, 0.3) is 22.2 Å². The van der Waals surface area contributed by atoms with Crippen LogP contribution in [0.15, 0.2) is 72.8 Å². The van der Waals surface area contributed by atoms with Crippen LogP contribution >= 0.6 is 0 Å². The van der Waals surface area contributed by atoms with Gasteiger partial charge in [0.25, 0.3) is 0 Å². The second-order valence-electron chi connectivity index (χ2n) is 7.44. The Morgan fingerprint density at radius 1 is 0.867 bits per heavy atom. The summed E-state index contributed by atoms with van der Waals surface area (Å²) < 4.78 is 8.18. The van der Waals surface area contributed by atoms with Crippen molar-refractivity contribution in [2.75, 3.05) is 13.7 Å². The molecule has 0 spiro atoms. The van der Waals surface area contributed by atoms with Gasteiger partial charge in [0, 0.05) is 24.6 Å². The van der Waals surface area contributed by atoms with E-state index in [4.69, 9.17) is 9.84 Å². The summed E-state index contributed by atoms with van der Waals surface area (Å²) in [6, 6.07) is 26.0. The van der Waals surface area contributed by atoms with E-state index in [1.54, 1.807) is 0 Å². The number of fused-ring (bicyclic) bond motifs is 1. The first-order valence-electron chi connectivity index (χ1n) is 10.5. The van der Waals surface area contributed by atoms with Gasteiger partial charge in [0.15, 0.2) is 0 Å². The third-order valence-electron chi connectivity index (χ3n) is 5.26. The SMILES string of the molecule is CCCOc1ccc(Cn2c(-c3ccccc3)c(C)c3cc(C)ccc32)cc1.CO. The van der Waals surface area contributed by atoms with Crippen LogP contribution in [-0.4, -0.2) is 23.4 Å². The Hall–Kier alpha value is -3.04. The predicted octanol–water partition coefficient (Wildman–Crippen LogP) is 6.37. The lowest BCUT2D eigenvalue weighted by Crippen LogP contribution is -2.02. The van der Waals surface area contributed by atoms with E-state index in [0.717, 1.165) is 32.4 Å². The first kappa shape index (κ1) is 21.7. The molecular weight excluding hydrogens is 370 g/mol.